The summed E-state index contributed by atoms with van der Waals surface area (Å²) in [5.41, 5.74) is 0.379. The molecule has 1 saturated heterocycles. The average Bonchev–Trinajstić information content (AvgIpc) is 3.47. The average molecular weight is 670 g/mol. The van der Waals surface area contributed by atoms with Gasteiger partial charge in [0, 0.05) is 16.7 Å². The van der Waals surface area contributed by atoms with E-state index in [0.29, 0.717) is 24.5 Å². The van der Waals surface area contributed by atoms with E-state index in [4.69, 9.17) is 4.74 Å². The predicted molar refractivity (Wildman–Crippen MR) is 153 cm³/mol. The second-order valence-corrected chi connectivity index (χ2v) is 13.6. The predicted octanol–water partition coefficient (Wildman–Crippen LogP) is 3.47. The van der Waals surface area contributed by atoms with E-state index >= 15 is 0 Å². The molecular formula is C26H28IN3O6S2. The number of halogens is 1. The zero-order valence-corrected chi connectivity index (χ0v) is 24.3. The van der Waals surface area contributed by atoms with Gasteiger partial charge in [-0.2, -0.15) is 4.31 Å². The minimum absolute atomic E-state index is 0.0878. The molecule has 0 unspecified atom stereocenters. The van der Waals surface area contributed by atoms with Crippen LogP contribution in [-0.2, 0) is 24.8 Å². The Bertz CT molecular complexity index is 1440. The van der Waals surface area contributed by atoms with Crippen molar-refractivity contribution in [2.45, 2.75) is 22.6 Å². The Morgan fingerprint density at radius 2 is 1.50 bits per heavy atom. The van der Waals surface area contributed by atoms with Gasteiger partial charge in [-0.1, -0.05) is 18.2 Å². The van der Waals surface area contributed by atoms with E-state index in [2.05, 4.69) is 27.9 Å². The second kappa shape index (κ2) is 12.5. The Morgan fingerprint density at radius 3 is 2.13 bits per heavy atom. The Balaban J connectivity index is 1.34. The van der Waals surface area contributed by atoms with Crippen molar-refractivity contribution in [3.63, 3.8) is 0 Å². The molecule has 202 valence electrons. The number of ether oxygens (including phenoxy) is 1. The maximum Gasteiger partial charge on any atom is 0.264 e. The van der Waals surface area contributed by atoms with Crippen molar-refractivity contribution >= 4 is 54.2 Å². The van der Waals surface area contributed by atoms with E-state index in [9.17, 15) is 21.6 Å². The van der Waals surface area contributed by atoms with Crippen molar-refractivity contribution in [2.24, 2.45) is 0 Å². The van der Waals surface area contributed by atoms with Crippen LogP contribution in [0.25, 0.3) is 0 Å². The molecule has 1 N–H and O–H groups in total. The fraction of sp³-hybridized carbons (Fsp3) is 0.269. The lowest BCUT2D eigenvalue weighted by molar-refractivity contribution is -0.119. The molecule has 3 aromatic rings. The number of nitrogens with one attached hydrogen (secondary N) is 1. The third-order valence-electron chi connectivity index (χ3n) is 5.95. The van der Waals surface area contributed by atoms with Crippen LogP contribution in [0, 0.1) is 3.57 Å². The highest BCUT2D eigenvalue weighted by Crippen LogP contribution is 2.25. The lowest BCUT2D eigenvalue weighted by atomic mass is 10.3. The molecule has 1 aliphatic heterocycles. The Morgan fingerprint density at radius 1 is 0.868 bits per heavy atom. The fourth-order valence-corrected chi connectivity index (χ4v) is 7.29. The first-order valence-electron chi connectivity index (χ1n) is 12.0. The molecule has 4 rings (SSSR count). The number of anilines is 1. The lowest BCUT2D eigenvalue weighted by Crippen LogP contribution is -2.41. The minimum Gasteiger partial charge on any atom is -0.492 e. The highest BCUT2D eigenvalue weighted by molar-refractivity contribution is 14.1. The zero-order chi connectivity index (χ0) is 27.2. The molecule has 1 heterocycles. The molecular weight excluding hydrogens is 641 g/mol. The first-order chi connectivity index (χ1) is 18.2. The minimum atomic E-state index is -3.97. The van der Waals surface area contributed by atoms with Crippen LogP contribution in [0.15, 0.2) is 88.7 Å². The van der Waals surface area contributed by atoms with E-state index in [1.54, 1.807) is 54.6 Å². The van der Waals surface area contributed by atoms with Crippen LogP contribution in [-0.4, -0.2) is 59.8 Å². The molecule has 0 aromatic heterocycles. The van der Waals surface area contributed by atoms with Crippen molar-refractivity contribution < 1.29 is 26.4 Å². The largest absolute Gasteiger partial charge is 0.492 e. The summed E-state index contributed by atoms with van der Waals surface area (Å²) in [6.07, 6.45) is 1.74. The highest BCUT2D eigenvalue weighted by Gasteiger charge is 2.28. The SMILES string of the molecule is O=C(CN(c1ccc(I)cc1)S(=O)(=O)c1ccccc1)NCCOc1ccc(S(=O)(=O)N2CCCC2)cc1. The molecule has 38 heavy (non-hydrogen) atoms. The van der Waals surface area contributed by atoms with Crippen LogP contribution >= 0.6 is 22.6 Å². The third-order valence-corrected chi connectivity index (χ3v) is 10.4. The van der Waals surface area contributed by atoms with Gasteiger partial charge in [0.15, 0.2) is 0 Å². The molecule has 0 aliphatic carbocycles. The summed E-state index contributed by atoms with van der Waals surface area (Å²) in [4.78, 5) is 13.0. The number of carbonyl (C=O) groups is 1. The molecule has 12 heteroatoms. The van der Waals surface area contributed by atoms with E-state index in [-0.39, 0.29) is 22.9 Å². The molecule has 1 fully saturated rings. The number of rotatable bonds is 11. The van der Waals surface area contributed by atoms with Gasteiger partial charge < -0.3 is 10.1 Å². The van der Waals surface area contributed by atoms with Gasteiger partial charge in [-0.05, 0) is 96.1 Å². The molecule has 0 saturated carbocycles. The maximum absolute atomic E-state index is 13.3. The molecule has 0 radical (unpaired) electrons. The molecule has 1 aliphatic rings. The highest BCUT2D eigenvalue weighted by atomic mass is 127. The van der Waals surface area contributed by atoms with Gasteiger partial charge in [-0.25, -0.2) is 16.8 Å². The van der Waals surface area contributed by atoms with Gasteiger partial charge >= 0.3 is 0 Å². The molecule has 9 nitrogen and oxygen atoms in total. The van der Waals surface area contributed by atoms with Gasteiger partial charge in [0.2, 0.25) is 15.9 Å². The molecule has 0 atom stereocenters. The van der Waals surface area contributed by atoms with Crippen LogP contribution in [0.5, 0.6) is 5.75 Å². The number of hydrogen-bond donors (Lipinski definition) is 1. The number of carbonyl (C=O) groups excluding carboxylic acids is 1. The van der Waals surface area contributed by atoms with Gasteiger partial charge in [-0.3, -0.25) is 9.10 Å². The van der Waals surface area contributed by atoms with Crippen molar-refractivity contribution in [2.75, 3.05) is 37.1 Å². The Hall–Kier alpha value is -2.68. The molecule has 0 bridgehead atoms. The standard InChI is InChI=1S/C26H28IN3O6S2/c27-21-8-10-22(11-9-21)30(38(34,35)24-6-2-1-3-7-24)20-26(31)28-16-19-36-23-12-14-25(15-13-23)37(32,33)29-17-4-5-18-29/h1-3,6-15H,4-5,16-20H2,(H,28,31). The van der Waals surface area contributed by atoms with Crippen molar-refractivity contribution in [1.29, 1.82) is 0 Å². The number of hydrogen-bond acceptors (Lipinski definition) is 6. The van der Waals surface area contributed by atoms with E-state index in [1.165, 1.54) is 28.6 Å². The smallest absolute Gasteiger partial charge is 0.264 e. The molecule has 3 aromatic carbocycles. The summed E-state index contributed by atoms with van der Waals surface area (Å²) >= 11 is 2.13. The number of benzene rings is 3. The van der Waals surface area contributed by atoms with Gasteiger partial charge in [0.25, 0.3) is 10.0 Å². The van der Waals surface area contributed by atoms with Crippen LogP contribution in [0.3, 0.4) is 0 Å². The van der Waals surface area contributed by atoms with Crippen LogP contribution < -0.4 is 14.4 Å². The van der Waals surface area contributed by atoms with Gasteiger partial charge in [-0.15, -0.1) is 0 Å². The van der Waals surface area contributed by atoms with E-state index < -0.39 is 32.5 Å². The normalized spacial score (nSPS) is 14.2. The quantitative estimate of drug-likeness (QED) is 0.247. The summed E-state index contributed by atoms with van der Waals surface area (Å²) in [7, 11) is -7.47. The van der Waals surface area contributed by atoms with Gasteiger partial charge in [0.1, 0.15) is 18.9 Å². The topological polar surface area (TPSA) is 113 Å². The van der Waals surface area contributed by atoms with Gasteiger partial charge in [0.05, 0.1) is 22.0 Å². The second-order valence-electron chi connectivity index (χ2n) is 8.58. The number of amides is 1. The third kappa shape index (κ3) is 6.84. The monoisotopic (exact) mass is 669 g/mol. The van der Waals surface area contributed by atoms with Crippen molar-refractivity contribution in [3.8, 4) is 5.75 Å². The van der Waals surface area contributed by atoms with E-state index in [0.717, 1.165) is 20.7 Å². The fourth-order valence-electron chi connectivity index (χ4n) is 3.97. The number of nitrogens with zero attached hydrogens (tertiary/aromatic N) is 2. The molecule has 1 amide bonds. The van der Waals surface area contributed by atoms with Crippen molar-refractivity contribution in [3.05, 3.63) is 82.4 Å². The summed E-state index contributed by atoms with van der Waals surface area (Å²) in [5.74, 6) is -0.0227. The van der Waals surface area contributed by atoms with Crippen LogP contribution in [0.2, 0.25) is 0 Å². The lowest BCUT2D eigenvalue weighted by Gasteiger charge is -2.24. The van der Waals surface area contributed by atoms with Crippen molar-refractivity contribution in [1.82, 2.24) is 9.62 Å². The summed E-state index contributed by atoms with van der Waals surface area (Å²) < 4.78 is 61.1. The zero-order valence-electron chi connectivity index (χ0n) is 20.5. The molecule has 0 spiro atoms. The maximum atomic E-state index is 13.3. The summed E-state index contributed by atoms with van der Waals surface area (Å²) in [6, 6.07) is 21.0. The van der Waals surface area contributed by atoms with E-state index in [1.807, 2.05) is 0 Å². The van der Waals surface area contributed by atoms with Crippen LogP contribution in [0.1, 0.15) is 12.8 Å². The van der Waals surface area contributed by atoms with Crippen LogP contribution in [0.4, 0.5) is 5.69 Å². The summed E-state index contributed by atoms with van der Waals surface area (Å²) in [5, 5.41) is 2.69. The first-order valence-corrected chi connectivity index (χ1v) is 16.0. The Labute approximate surface area is 237 Å². The summed E-state index contributed by atoms with van der Waals surface area (Å²) in [6.45, 7) is 0.931. The number of sulfonamides is 2. The Kier molecular flexibility index (Phi) is 9.28. The first kappa shape index (κ1) is 28.3.